The van der Waals surface area contributed by atoms with Gasteiger partial charge in [-0.1, -0.05) is 80.0 Å². The first kappa shape index (κ1) is 27.8. The van der Waals surface area contributed by atoms with E-state index in [9.17, 15) is 0 Å². The number of hydrogen-bond donors (Lipinski definition) is 0. The van der Waals surface area contributed by atoms with Crippen LogP contribution in [-0.2, 0) is 4.84 Å². The first-order valence-corrected chi connectivity index (χ1v) is 10.3. The van der Waals surface area contributed by atoms with Crippen LogP contribution in [0.1, 0.15) is 102 Å². The summed E-state index contributed by atoms with van der Waals surface area (Å²) in [6.45, 7) is 24.8. The van der Waals surface area contributed by atoms with Crippen LogP contribution in [0, 0.1) is 0 Å². The van der Waals surface area contributed by atoms with Crippen LogP contribution >= 0.6 is 0 Å². The van der Waals surface area contributed by atoms with Gasteiger partial charge in [0.1, 0.15) is 0 Å². The van der Waals surface area contributed by atoms with E-state index in [1.807, 2.05) is 41.5 Å². The lowest BCUT2D eigenvalue weighted by atomic mass is 9.93. The number of amidine groups is 1. The highest BCUT2D eigenvalue weighted by Gasteiger charge is 2.37. The Kier molecular flexibility index (Phi) is 21.3. The minimum Gasteiger partial charge on any atom is -0.386 e. The van der Waals surface area contributed by atoms with Gasteiger partial charge in [-0.15, -0.1) is 0 Å². The van der Waals surface area contributed by atoms with E-state index in [2.05, 4.69) is 50.8 Å². The van der Waals surface area contributed by atoms with Crippen LogP contribution in [0.4, 0.5) is 0 Å². The molecule has 0 aliphatic carbocycles. The normalized spacial score (nSPS) is 19.4. The number of oxime groups is 1. The van der Waals surface area contributed by atoms with Crippen molar-refractivity contribution in [3.05, 3.63) is 11.6 Å². The van der Waals surface area contributed by atoms with Crippen molar-refractivity contribution in [2.24, 2.45) is 5.16 Å². The van der Waals surface area contributed by atoms with Crippen molar-refractivity contribution >= 4 is 5.84 Å². The summed E-state index contributed by atoms with van der Waals surface area (Å²) in [4.78, 5) is 8.25. The van der Waals surface area contributed by atoms with Crippen LogP contribution in [0.3, 0.4) is 0 Å². The molecule has 0 aromatic rings. The van der Waals surface area contributed by atoms with Gasteiger partial charge in [0.15, 0.2) is 11.4 Å². The zero-order chi connectivity index (χ0) is 19.6. The third kappa shape index (κ3) is 8.75. The van der Waals surface area contributed by atoms with Gasteiger partial charge in [-0.3, -0.25) is 0 Å². The minimum absolute atomic E-state index is 0.0825. The molecule has 3 heteroatoms. The molecule has 0 bridgehead atoms. The molecule has 1 heterocycles. The minimum atomic E-state index is -0.0825. The van der Waals surface area contributed by atoms with Crippen molar-refractivity contribution in [3.8, 4) is 0 Å². The van der Waals surface area contributed by atoms with Crippen molar-refractivity contribution in [2.45, 2.75) is 107 Å². The number of allylic oxidation sites excluding steroid dienone is 1. The predicted octanol–water partition coefficient (Wildman–Crippen LogP) is 7.04. The first-order chi connectivity index (χ1) is 11.7. The van der Waals surface area contributed by atoms with Crippen LogP contribution in [0.15, 0.2) is 16.8 Å². The lowest BCUT2D eigenvalue weighted by Gasteiger charge is -2.41. The molecular formula is C21H46N2O. The topological polar surface area (TPSA) is 24.8 Å². The maximum absolute atomic E-state index is 5.89. The molecule has 146 valence electrons. The zero-order valence-corrected chi connectivity index (χ0v) is 18.6. The zero-order valence-electron chi connectivity index (χ0n) is 18.6. The molecule has 1 aliphatic heterocycles. The van der Waals surface area contributed by atoms with Gasteiger partial charge in [-0.25, -0.2) is 0 Å². The lowest BCUT2D eigenvalue weighted by molar-refractivity contribution is -0.0803. The van der Waals surface area contributed by atoms with Gasteiger partial charge in [-0.05, 0) is 38.7 Å². The Morgan fingerprint density at radius 1 is 1.08 bits per heavy atom. The standard InChI is InChI=1S/C15H28N2O.3C2H6/c1-6-11-15(9-4)12-17(10-5)14(16-18-15)13(7-2)8-3;3*1-2/h7H,6,8-12H2,1-5H3;3*1-2H3/b13-7+;;;. The van der Waals surface area contributed by atoms with Gasteiger partial charge in [0.05, 0.1) is 6.54 Å². The number of hydrogen-bond acceptors (Lipinski definition) is 3. The van der Waals surface area contributed by atoms with Gasteiger partial charge in [0.25, 0.3) is 0 Å². The molecule has 0 aromatic heterocycles. The van der Waals surface area contributed by atoms with E-state index in [1.165, 1.54) is 5.57 Å². The fraction of sp³-hybridized carbons (Fsp3) is 0.857. The Bertz CT molecular complexity index is 324. The molecule has 0 saturated carbocycles. The molecule has 0 spiro atoms. The monoisotopic (exact) mass is 342 g/mol. The molecule has 0 saturated heterocycles. The number of rotatable bonds is 6. The quantitative estimate of drug-likeness (QED) is 0.517. The largest absolute Gasteiger partial charge is 0.386 e. The molecule has 0 N–H and O–H groups in total. The molecule has 0 fully saturated rings. The SMILES string of the molecule is C/C=C(\CC)C1=NOC(CC)(CCC)CN1CC.CC.CC.CC. The molecule has 0 amide bonds. The van der Waals surface area contributed by atoms with Crippen molar-refractivity contribution in [2.75, 3.05) is 13.1 Å². The fourth-order valence-corrected chi connectivity index (χ4v) is 2.60. The fourth-order valence-electron chi connectivity index (χ4n) is 2.60. The Balaban J connectivity index is -0.000000659. The van der Waals surface area contributed by atoms with Crippen LogP contribution in [-0.4, -0.2) is 29.4 Å². The van der Waals surface area contributed by atoms with Gasteiger partial charge in [0.2, 0.25) is 0 Å². The van der Waals surface area contributed by atoms with E-state index in [0.717, 1.165) is 44.6 Å². The summed E-state index contributed by atoms with van der Waals surface area (Å²) in [6, 6.07) is 0. The van der Waals surface area contributed by atoms with Crippen LogP contribution in [0.5, 0.6) is 0 Å². The number of likely N-dealkylation sites (N-methyl/N-ethyl adjacent to an activating group) is 1. The first-order valence-electron chi connectivity index (χ1n) is 10.3. The summed E-state index contributed by atoms with van der Waals surface area (Å²) in [5.41, 5.74) is 1.19. The summed E-state index contributed by atoms with van der Waals surface area (Å²) in [6.07, 6.45) is 6.38. The van der Waals surface area contributed by atoms with Gasteiger partial charge < -0.3 is 9.74 Å². The Morgan fingerprint density at radius 3 is 1.96 bits per heavy atom. The van der Waals surface area contributed by atoms with E-state index in [4.69, 9.17) is 4.84 Å². The Labute approximate surface area is 153 Å². The molecule has 0 aromatic carbocycles. The highest BCUT2D eigenvalue weighted by atomic mass is 16.7. The Morgan fingerprint density at radius 2 is 1.62 bits per heavy atom. The molecule has 1 atom stereocenters. The molecule has 24 heavy (non-hydrogen) atoms. The van der Waals surface area contributed by atoms with Crippen molar-refractivity contribution in [1.29, 1.82) is 0 Å². The van der Waals surface area contributed by atoms with Gasteiger partial charge in [0, 0.05) is 6.54 Å². The molecule has 1 rings (SSSR count). The van der Waals surface area contributed by atoms with Crippen molar-refractivity contribution < 1.29 is 4.84 Å². The maximum atomic E-state index is 5.89. The summed E-state index contributed by atoms with van der Waals surface area (Å²) in [5, 5.41) is 4.44. The average molecular weight is 343 g/mol. The van der Waals surface area contributed by atoms with E-state index < -0.39 is 0 Å². The third-order valence-electron chi connectivity index (χ3n) is 3.85. The summed E-state index contributed by atoms with van der Waals surface area (Å²) >= 11 is 0. The summed E-state index contributed by atoms with van der Waals surface area (Å²) in [7, 11) is 0. The van der Waals surface area contributed by atoms with E-state index in [1.54, 1.807) is 0 Å². The van der Waals surface area contributed by atoms with Gasteiger partial charge in [-0.2, -0.15) is 0 Å². The van der Waals surface area contributed by atoms with E-state index >= 15 is 0 Å². The smallest absolute Gasteiger partial charge is 0.171 e. The Hall–Kier alpha value is -0.990. The highest BCUT2D eigenvalue weighted by Crippen LogP contribution is 2.29. The number of nitrogens with zero attached hydrogens (tertiary/aromatic N) is 2. The van der Waals surface area contributed by atoms with Gasteiger partial charge >= 0.3 is 0 Å². The second kappa shape index (κ2) is 18.4. The maximum Gasteiger partial charge on any atom is 0.171 e. The highest BCUT2D eigenvalue weighted by molar-refractivity contribution is 5.98. The van der Waals surface area contributed by atoms with Crippen LogP contribution in [0.2, 0.25) is 0 Å². The summed E-state index contributed by atoms with van der Waals surface area (Å²) in [5.74, 6) is 1.03. The second-order valence-corrected chi connectivity index (χ2v) is 4.97. The molecule has 1 aliphatic rings. The van der Waals surface area contributed by atoms with Crippen molar-refractivity contribution in [1.82, 2.24) is 4.90 Å². The summed E-state index contributed by atoms with van der Waals surface area (Å²) < 4.78 is 0. The average Bonchev–Trinajstić information content (AvgIpc) is 2.68. The third-order valence-corrected chi connectivity index (χ3v) is 3.85. The molecule has 0 radical (unpaired) electrons. The van der Waals surface area contributed by atoms with Crippen LogP contribution in [0.25, 0.3) is 0 Å². The lowest BCUT2D eigenvalue weighted by Crippen LogP contribution is -2.50. The second-order valence-electron chi connectivity index (χ2n) is 4.97. The predicted molar refractivity (Wildman–Crippen MR) is 112 cm³/mol. The molecular weight excluding hydrogens is 296 g/mol. The van der Waals surface area contributed by atoms with Crippen LogP contribution < -0.4 is 0 Å². The molecule has 1 unspecified atom stereocenters. The van der Waals surface area contributed by atoms with Crippen molar-refractivity contribution in [3.63, 3.8) is 0 Å². The van der Waals surface area contributed by atoms with E-state index in [-0.39, 0.29) is 5.60 Å². The van der Waals surface area contributed by atoms with E-state index in [0.29, 0.717) is 0 Å². The molecule has 3 nitrogen and oxygen atoms in total.